The molecule has 34 heavy (non-hydrogen) atoms. The molecule has 0 atom stereocenters. The number of aromatic nitrogens is 2. The van der Waals surface area contributed by atoms with Crippen molar-refractivity contribution in [1.82, 2.24) is 20.2 Å². The molecule has 0 spiro atoms. The third-order valence-corrected chi connectivity index (χ3v) is 6.45. The molecule has 9 nitrogen and oxygen atoms in total. The van der Waals surface area contributed by atoms with Gasteiger partial charge in [0.2, 0.25) is 5.91 Å². The second-order valence-corrected chi connectivity index (χ2v) is 9.34. The number of hydrogen-bond acceptors (Lipinski definition) is 8. The van der Waals surface area contributed by atoms with E-state index in [4.69, 9.17) is 18.8 Å². The maximum absolute atomic E-state index is 12.3. The SMILES string of the molecule is CC(=O)N1CCN(c2cc(C(C)C)nc(SCc3ccc(C(=O)NCc4ccco4)o3)n2)CC1. The molecule has 3 aromatic heterocycles. The second-order valence-electron chi connectivity index (χ2n) is 8.40. The van der Waals surface area contributed by atoms with Gasteiger partial charge in [-0.25, -0.2) is 9.97 Å². The molecule has 0 unspecified atom stereocenters. The maximum atomic E-state index is 12.3. The average molecular weight is 484 g/mol. The first-order valence-corrected chi connectivity index (χ1v) is 12.3. The van der Waals surface area contributed by atoms with Crippen LogP contribution in [0.4, 0.5) is 5.82 Å². The molecule has 3 aromatic rings. The van der Waals surface area contributed by atoms with Gasteiger partial charge in [0.1, 0.15) is 17.3 Å². The summed E-state index contributed by atoms with van der Waals surface area (Å²) >= 11 is 1.47. The predicted octanol–water partition coefficient (Wildman–Crippen LogP) is 3.68. The average Bonchev–Trinajstić information content (AvgIpc) is 3.53. The van der Waals surface area contributed by atoms with Gasteiger partial charge in [-0.1, -0.05) is 25.6 Å². The number of thioether (sulfide) groups is 1. The summed E-state index contributed by atoms with van der Waals surface area (Å²) in [6.07, 6.45) is 1.57. The van der Waals surface area contributed by atoms with Crippen LogP contribution in [0.2, 0.25) is 0 Å². The fourth-order valence-electron chi connectivity index (χ4n) is 3.58. The minimum Gasteiger partial charge on any atom is -0.467 e. The topological polar surface area (TPSA) is 105 Å². The third kappa shape index (κ3) is 5.99. The van der Waals surface area contributed by atoms with Crippen LogP contribution in [0.3, 0.4) is 0 Å². The molecule has 1 aliphatic rings. The van der Waals surface area contributed by atoms with Crippen LogP contribution < -0.4 is 10.2 Å². The van der Waals surface area contributed by atoms with Crippen LogP contribution in [0, 0.1) is 0 Å². The lowest BCUT2D eigenvalue weighted by atomic mass is 10.1. The molecule has 10 heteroatoms. The first kappa shape index (κ1) is 23.9. The second kappa shape index (κ2) is 10.8. The monoisotopic (exact) mass is 483 g/mol. The van der Waals surface area contributed by atoms with Gasteiger partial charge in [0.25, 0.3) is 5.91 Å². The standard InChI is InChI=1S/C24H29N5O4S/c1-16(2)20-13-22(29-10-8-28(9-11-29)17(3)30)27-24(26-20)34-15-19-6-7-21(33-19)23(31)25-14-18-5-4-12-32-18/h4-7,12-13,16H,8-11,14-15H2,1-3H3,(H,25,31). The van der Waals surface area contributed by atoms with Crippen molar-refractivity contribution in [2.45, 2.75) is 44.1 Å². The van der Waals surface area contributed by atoms with Crippen LogP contribution in [0.15, 0.2) is 50.6 Å². The van der Waals surface area contributed by atoms with Crippen LogP contribution in [0.1, 0.15) is 54.5 Å². The van der Waals surface area contributed by atoms with Crippen molar-refractivity contribution < 1.29 is 18.4 Å². The van der Waals surface area contributed by atoms with E-state index in [0.29, 0.717) is 42.1 Å². The summed E-state index contributed by atoms with van der Waals surface area (Å²) in [6.45, 7) is 8.99. The summed E-state index contributed by atoms with van der Waals surface area (Å²) in [6, 6.07) is 9.07. The van der Waals surface area contributed by atoms with Crippen LogP contribution in [0.5, 0.6) is 0 Å². The van der Waals surface area contributed by atoms with Crippen molar-refractivity contribution in [3.63, 3.8) is 0 Å². The van der Waals surface area contributed by atoms with E-state index in [9.17, 15) is 9.59 Å². The number of amides is 2. The molecule has 1 aliphatic heterocycles. The van der Waals surface area contributed by atoms with Crippen molar-refractivity contribution in [3.05, 3.63) is 59.6 Å². The highest BCUT2D eigenvalue weighted by Gasteiger charge is 2.21. The number of piperazine rings is 1. The largest absolute Gasteiger partial charge is 0.467 e. The highest BCUT2D eigenvalue weighted by molar-refractivity contribution is 7.98. The van der Waals surface area contributed by atoms with E-state index in [-0.39, 0.29) is 23.5 Å². The number of carbonyl (C=O) groups is 2. The van der Waals surface area contributed by atoms with Crippen LogP contribution in [-0.2, 0) is 17.1 Å². The molecule has 2 amide bonds. The van der Waals surface area contributed by atoms with Crippen LogP contribution in [-0.4, -0.2) is 52.9 Å². The molecule has 0 bridgehead atoms. The Labute approximate surface area is 202 Å². The Bertz CT molecular complexity index is 1120. The summed E-state index contributed by atoms with van der Waals surface area (Å²) in [5.74, 6) is 3.05. The first-order valence-electron chi connectivity index (χ1n) is 11.3. The molecule has 0 radical (unpaired) electrons. The molecular formula is C24H29N5O4S. The molecule has 0 aliphatic carbocycles. The Balaban J connectivity index is 1.39. The van der Waals surface area contributed by atoms with Gasteiger partial charge in [0.05, 0.1) is 18.6 Å². The maximum Gasteiger partial charge on any atom is 0.287 e. The highest BCUT2D eigenvalue weighted by atomic mass is 32.2. The van der Waals surface area contributed by atoms with E-state index in [1.54, 1.807) is 37.5 Å². The Kier molecular flexibility index (Phi) is 7.56. The molecule has 4 heterocycles. The minimum atomic E-state index is -0.294. The van der Waals surface area contributed by atoms with Gasteiger partial charge in [0, 0.05) is 44.9 Å². The number of hydrogen-bond donors (Lipinski definition) is 1. The Morgan fingerprint density at radius 2 is 1.91 bits per heavy atom. The van der Waals surface area contributed by atoms with Gasteiger partial charge in [-0.2, -0.15) is 0 Å². The van der Waals surface area contributed by atoms with E-state index in [0.717, 1.165) is 24.6 Å². The number of carbonyl (C=O) groups excluding carboxylic acids is 2. The number of nitrogens with one attached hydrogen (secondary N) is 1. The molecule has 1 N–H and O–H groups in total. The van der Waals surface area contributed by atoms with Crippen molar-refractivity contribution in [3.8, 4) is 0 Å². The van der Waals surface area contributed by atoms with Crippen LogP contribution >= 0.6 is 11.8 Å². The molecule has 0 saturated carbocycles. The van der Waals surface area contributed by atoms with Crippen molar-refractivity contribution >= 4 is 29.4 Å². The first-order chi connectivity index (χ1) is 16.4. The number of rotatable bonds is 8. The van der Waals surface area contributed by atoms with Crippen molar-refractivity contribution in [2.24, 2.45) is 0 Å². The molecule has 1 saturated heterocycles. The van der Waals surface area contributed by atoms with E-state index in [1.807, 2.05) is 11.0 Å². The van der Waals surface area contributed by atoms with Crippen molar-refractivity contribution in [1.29, 1.82) is 0 Å². The van der Waals surface area contributed by atoms with E-state index >= 15 is 0 Å². The summed E-state index contributed by atoms with van der Waals surface area (Å²) in [7, 11) is 0. The normalized spacial score (nSPS) is 14.0. The number of furan rings is 2. The number of anilines is 1. The summed E-state index contributed by atoms with van der Waals surface area (Å²) < 4.78 is 11.0. The fraction of sp³-hybridized carbons (Fsp3) is 0.417. The van der Waals surface area contributed by atoms with Gasteiger partial charge in [0.15, 0.2) is 10.9 Å². The van der Waals surface area contributed by atoms with Gasteiger partial charge in [-0.15, -0.1) is 0 Å². The smallest absolute Gasteiger partial charge is 0.287 e. The Morgan fingerprint density at radius 3 is 2.59 bits per heavy atom. The minimum absolute atomic E-state index is 0.105. The van der Waals surface area contributed by atoms with E-state index < -0.39 is 0 Å². The molecule has 180 valence electrons. The molecule has 1 fully saturated rings. The van der Waals surface area contributed by atoms with Gasteiger partial charge in [-0.3, -0.25) is 9.59 Å². The Morgan fingerprint density at radius 1 is 1.12 bits per heavy atom. The quantitative estimate of drug-likeness (QED) is 0.382. The van der Waals surface area contributed by atoms with E-state index in [1.165, 1.54) is 11.8 Å². The predicted molar refractivity (Wildman–Crippen MR) is 129 cm³/mol. The Hall–Kier alpha value is -3.27. The molecular weight excluding hydrogens is 454 g/mol. The van der Waals surface area contributed by atoms with Crippen molar-refractivity contribution in [2.75, 3.05) is 31.1 Å². The zero-order valence-corrected chi connectivity index (χ0v) is 20.4. The summed E-state index contributed by atoms with van der Waals surface area (Å²) in [5, 5.41) is 3.44. The third-order valence-electron chi connectivity index (χ3n) is 5.58. The summed E-state index contributed by atoms with van der Waals surface area (Å²) in [5.41, 5.74) is 0.971. The van der Waals surface area contributed by atoms with Gasteiger partial charge in [-0.05, 0) is 30.2 Å². The molecule has 0 aromatic carbocycles. The lowest BCUT2D eigenvalue weighted by Crippen LogP contribution is -2.48. The lowest BCUT2D eigenvalue weighted by molar-refractivity contribution is -0.129. The zero-order valence-electron chi connectivity index (χ0n) is 19.6. The summed E-state index contributed by atoms with van der Waals surface area (Å²) in [4.78, 5) is 37.5. The fourth-order valence-corrected chi connectivity index (χ4v) is 4.34. The lowest BCUT2D eigenvalue weighted by Gasteiger charge is -2.35. The van der Waals surface area contributed by atoms with Gasteiger partial charge < -0.3 is 24.0 Å². The number of nitrogens with zero attached hydrogens (tertiary/aromatic N) is 4. The van der Waals surface area contributed by atoms with E-state index in [2.05, 4.69) is 24.1 Å². The molecule has 4 rings (SSSR count). The zero-order chi connectivity index (χ0) is 24.1. The highest BCUT2D eigenvalue weighted by Crippen LogP contribution is 2.27. The van der Waals surface area contributed by atoms with Gasteiger partial charge >= 0.3 is 0 Å². The van der Waals surface area contributed by atoms with Crippen LogP contribution in [0.25, 0.3) is 0 Å².